The van der Waals surface area contributed by atoms with Gasteiger partial charge in [0, 0.05) is 25.4 Å². The van der Waals surface area contributed by atoms with E-state index in [9.17, 15) is 8.42 Å². The maximum Gasteiger partial charge on any atom is 0.292 e. The minimum atomic E-state index is -3.48. The molecule has 0 spiro atoms. The third kappa shape index (κ3) is 1.70. The molecule has 0 aliphatic carbocycles. The molecule has 96 valence electrons. The number of sulfonamides is 1. The number of aromatic amines is 1. The second-order valence-corrected chi connectivity index (χ2v) is 6.00. The largest absolute Gasteiger partial charge is 0.427 e. The summed E-state index contributed by atoms with van der Waals surface area (Å²) in [5.41, 5.74) is 6.20. The van der Waals surface area contributed by atoms with Crippen LogP contribution in [-0.4, -0.2) is 29.2 Å². The fraction of sp³-hybridized carbons (Fsp3) is 0.300. The van der Waals surface area contributed by atoms with Crippen LogP contribution in [0.4, 0.5) is 6.01 Å². The number of fused-ring (bicyclic) bond motifs is 1. The topological polar surface area (TPSA) is 105 Å². The van der Waals surface area contributed by atoms with Crippen molar-refractivity contribution in [3.05, 3.63) is 29.9 Å². The van der Waals surface area contributed by atoms with Crippen LogP contribution >= 0.6 is 0 Å². The minimum absolute atomic E-state index is 0.0842. The standard InChI is InChI=1S/C10H12N4O3S/c11-10-13-8-2-4-14(6-9(8)17-10)18(15,16)7-1-3-12-5-7/h1,3,5,12H,2,4,6H2,(H2,11,13). The summed E-state index contributed by atoms with van der Waals surface area (Å²) >= 11 is 0. The zero-order valence-corrected chi connectivity index (χ0v) is 10.3. The van der Waals surface area contributed by atoms with Crippen LogP contribution in [0.1, 0.15) is 11.5 Å². The van der Waals surface area contributed by atoms with Gasteiger partial charge in [0.2, 0.25) is 10.0 Å². The smallest absolute Gasteiger partial charge is 0.292 e. The van der Waals surface area contributed by atoms with Gasteiger partial charge in [0.15, 0.2) is 0 Å². The van der Waals surface area contributed by atoms with Crippen molar-refractivity contribution in [2.75, 3.05) is 12.3 Å². The number of nitrogens with zero attached hydrogens (tertiary/aromatic N) is 2. The number of hydrogen-bond donors (Lipinski definition) is 2. The summed E-state index contributed by atoms with van der Waals surface area (Å²) in [5.74, 6) is 0.526. The Kier molecular flexibility index (Phi) is 2.42. The lowest BCUT2D eigenvalue weighted by atomic mass is 10.2. The van der Waals surface area contributed by atoms with E-state index in [-0.39, 0.29) is 17.5 Å². The third-order valence-corrected chi connectivity index (χ3v) is 4.76. The Morgan fingerprint density at radius 3 is 3.06 bits per heavy atom. The first-order valence-corrected chi connectivity index (χ1v) is 6.88. The van der Waals surface area contributed by atoms with Gasteiger partial charge in [-0.3, -0.25) is 0 Å². The molecular weight excluding hydrogens is 256 g/mol. The van der Waals surface area contributed by atoms with Crippen LogP contribution < -0.4 is 5.73 Å². The molecule has 7 nitrogen and oxygen atoms in total. The van der Waals surface area contributed by atoms with Crippen LogP contribution in [-0.2, 0) is 23.0 Å². The van der Waals surface area contributed by atoms with Gasteiger partial charge in [0.25, 0.3) is 6.01 Å². The molecule has 0 radical (unpaired) electrons. The number of oxazole rings is 1. The van der Waals surface area contributed by atoms with E-state index in [0.29, 0.717) is 18.7 Å². The second kappa shape index (κ2) is 3.85. The Labute approximate surface area is 104 Å². The molecule has 1 aliphatic rings. The summed E-state index contributed by atoms with van der Waals surface area (Å²) in [5, 5.41) is 0. The highest BCUT2D eigenvalue weighted by Gasteiger charge is 2.31. The average molecular weight is 268 g/mol. The normalized spacial score (nSPS) is 16.7. The van der Waals surface area contributed by atoms with Gasteiger partial charge in [-0.25, -0.2) is 8.42 Å². The molecule has 3 heterocycles. The van der Waals surface area contributed by atoms with E-state index in [2.05, 4.69) is 9.97 Å². The molecule has 3 N–H and O–H groups in total. The molecule has 2 aromatic rings. The predicted octanol–water partition coefficient (Wildman–Crippen LogP) is 0.332. The quantitative estimate of drug-likeness (QED) is 0.816. The van der Waals surface area contributed by atoms with Gasteiger partial charge in [0.1, 0.15) is 5.76 Å². The minimum Gasteiger partial charge on any atom is -0.427 e. The lowest BCUT2D eigenvalue weighted by Gasteiger charge is -2.23. The monoisotopic (exact) mass is 268 g/mol. The lowest BCUT2D eigenvalue weighted by molar-refractivity contribution is 0.346. The van der Waals surface area contributed by atoms with Crippen molar-refractivity contribution in [1.82, 2.24) is 14.3 Å². The summed E-state index contributed by atoms with van der Waals surface area (Å²) in [6.07, 6.45) is 3.55. The number of nitrogens with one attached hydrogen (secondary N) is 1. The van der Waals surface area contributed by atoms with Crippen LogP contribution in [0.2, 0.25) is 0 Å². The number of nitrogens with two attached hydrogens (primary N) is 1. The first-order valence-electron chi connectivity index (χ1n) is 5.44. The number of hydrogen-bond acceptors (Lipinski definition) is 5. The van der Waals surface area contributed by atoms with Crippen LogP contribution in [0.25, 0.3) is 0 Å². The summed E-state index contributed by atoms with van der Waals surface area (Å²) in [6, 6.07) is 1.61. The highest BCUT2D eigenvalue weighted by atomic mass is 32.2. The van der Waals surface area contributed by atoms with E-state index in [1.165, 1.54) is 16.6 Å². The Morgan fingerprint density at radius 2 is 2.33 bits per heavy atom. The summed E-state index contributed by atoms with van der Waals surface area (Å²) in [6.45, 7) is 0.555. The molecular formula is C10H12N4O3S. The average Bonchev–Trinajstić information content (AvgIpc) is 2.95. The highest BCUT2D eigenvalue weighted by Crippen LogP contribution is 2.25. The van der Waals surface area contributed by atoms with Crippen molar-refractivity contribution in [1.29, 1.82) is 0 Å². The molecule has 0 saturated heterocycles. The Balaban J connectivity index is 1.92. The second-order valence-electron chi connectivity index (χ2n) is 4.06. The fourth-order valence-electron chi connectivity index (χ4n) is 2.02. The Bertz CT molecular complexity index is 659. The first-order chi connectivity index (χ1) is 8.57. The van der Waals surface area contributed by atoms with Gasteiger partial charge in [-0.05, 0) is 6.07 Å². The maximum absolute atomic E-state index is 12.3. The van der Waals surface area contributed by atoms with Gasteiger partial charge in [0.05, 0.1) is 17.1 Å². The summed E-state index contributed by atoms with van der Waals surface area (Å²) in [4.78, 5) is 7.00. The predicted molar refractivity (Wildman–Crippen MR) is 63.0 cm³/mol. The molecule has 0 fully saturated rings. The van der Waals surface area contributed by atoms with Crippen molar-refractivity contribution in [2.45, 2.75) is 17.9 Å². The van der Waals surface area contributed by atoms with Crippen molar-refractivity contribution >= 4 is 16.0 Å². The van der Waals surface area contributed by atoms with Crippen LogP contribution in [0.3, 0.4) is 0 Å². The molecule has 0 aromatic carbocycles. The molecule has 0 saturated carbocycles. The molecule has 0 bridgehead atoms. The lowest BCUT2D eigenvalue weighted by Crippen LogP contribution is -2.35. The molecule has 3 rings (SSSR count). The number of rotatable bonds is 2. The molecule has 1 aliphatic heterocycles. The SMILES string of the molecule is Nc1nc2c(o1)CN(S(=O)(=O)c1cc[nH]c1)CC2. The molecule has 0 amide bonds. The van der Waals surface area contributed by atoms with E-state index in [0.717, 1.165) is 5.69 Å². The van der Waals surface area contributed by atoms with Crippen LogP contribution in [0.5, 0.6) is 0 Å². The van der Waals surface area contributed by atoms with Gasteiger partial charge in [-0.15, -0.1) is 0 Å². The van der Waals surface area contributed by atoms with Crippen molar-refractivity contribution < 1.29 is 12.8 Å². The number of anilines is 1. The molecule has 0 atom stereocenters. The number of H-pyrrole nitrogens is 1. The van der Waals surface area contributed by atoms with Gasteiger partial charge in [-0.2, -0.15) is 9.29 Å². The highest BCUT2D eigenvalue weighted by molar-refractivity contribution is 7.89. The van der Waals surface area contributed by atoms with E-state index in [4.69, 9.17) is 10.2 Å². The van der Waals surface area contributed by atoms with E-state index in [1.807, 2.05) is 0 Å². The Hall–Kier alpha value is -1.80. The fourth-order valence-corrected chi connectivity index (χ4v) is 3.39. The summed E-state index contributed by atoms with van der Waals surface area (Å²) in [7, 11) is -3.48. The number of nitrogen functional groups attached to an aromatic ring is 1. The first kappa shape index (κ1) is 11.3. The van der Waals surface area contributed by atoms with Crippen LogP contribution in [0, 0.1) is 0 Å². The zero-order chi connectivity index (χ0) is 12.8. The molecule has 8 heteroatoms. The van der Waals surface area contributed by atoms with E-state index >= 15 is 0 Å². The third-order valence-electron chi connectivity index (χ3n) is 2.92. The van der Waals surface area contributed by atoms with E-state index in [1.54, 1.807) is 6.20 Å². The van der Waals surface area contributed by atoms with Gasteiger partial charge >= 0.3 is 0 Å². The van der Waals surface area contributed by atoms with E-state index < -0.39 is 10.0 Å². The van der Waals surface area contributed by atoms with Crippen molar-refractivity contribution in [3.63, 3.8) is 0 Å². The Morgan fingerprint density at radius 1 is 1.50 bits per heavy atom. The maximum atomic E-state index is 12.3. The van der Waals surface area contributed by atoms with Gasteiger partial charge in [-0.1, -0.05) is 0 Å². The molecule has 18 heavy (non-hydrogen) atoms. The zero-order valence-electron chi connectivity index (χ0n) is 9.46. The summed E-state index contributed by atoms with van der Waals surface area (Å²) < 4.78 is 31.1. The van der Waals surface area contributed by atoms with Gasteiger partial charge < -0.3 is 15.1 Å². The molecule has 0 unspecified atom stereocenters. The van der Waals surface area contributed by atoms with Crippen molar-refractivity contribution in [3.8, 4) is 0 Å². The van der Waals surface area contributed by atoms with Crippen molar-refractivity contribution in [2.24, 2.45) is 0 Å². The molecule has 2 aromatic heterocycles. The van der Waals surface area contributed by atoms with Crippen LogP contribution in [0.15, 0.2) is 27.8 Å². The number of aromatic nitrogens is 2.